The zero-order chi connectivity index (χ0) is 11.1. The Morgan fingerprint density at radius 2 is 2.06 bits per heavy atom. The molecule has 3 atom stereocenters. The van der Waals surface area contributed by atoms with E-state index < -0.39 is 0 Å². The van der Waals surface area contributed by atoms with Crippen molar-refractivity contribution in [1.29, 1.82) is 0 Å². The Morgan fingerprint density at radius 3 is 2.81 bits per heavy atom. The minimum Gasteiger partial charge on any atom is -0.388 e. The van der Waals surface area contributed by atoms with E-state index in [2.05, 4.69) is 11.1 Å². The first-order chi connectivity index (χ1) is 7.81. The lowest BCUT2D eigenvalue weighted by Gasteiger charge is -2.30. The third-order valence-electron chi connectivity index (χ3n) is 3.65. The van der Waals surface area contributed by atoms with Gasteiger partial charge in [0.25, 0.3) is 0 Å². The van der Waals surface area contributed by atoms with E-state index in [-0.39, 0.29) is 6.10 Å². The molecule has 0 spiro atoms. The second kappa shape index (κ2) is 3.86. The van der Waals surface area contributed by atoms with Crippen molar-refractivity contribution in [3.05, 3.63) is 35.4 Å². The average Bonchev–Trinajstić information content (AvgIpc) is 2.72. The number of alkyl halides is 1. The smallest absolute Gasteiger partial charge is 0.0845 e. The summed E-state index contributed by atoms with van der Waals surface area (Å²) in [6.45, 7) is 0.810. The highest BCUT2D eigenvalue weighted by molar-refractivity contribution is 6.18. The Labute approximate surface area is 100.0 Å². The summed E-state index contributed by atoms with van der Waals surface area (Å²) in [6.07, 6.45) is 0.287. The summed E-state index contributed by atoms with van der Waals surface area (Å²) < 4.78 is 0. The van der Waals surface area contributed by atoms with E-state index in [9.17, 15) is 5.11 Å². The Balaban J connectivity index is 2.10. The molecule has 0 aromatic heterocycles. The molecule has 2 nitrogen and oxygen atoms in total. The van der Waals surface area contributed by atoms with Crippen molar-refractivity contribution in [2.45, 2.75) is 18.4 Å². The lowest BCUT2D eigenvalue weighted by Crippen LogP contribution is -2.26. The van der Waals surface area contributed by atoms with Crippen LogP contribution in [0.15, 0.2) is 29.3 Å². The molecule has 16 heavy (non-hydrogen) atoms. The van der Waals surface area contributed by atoms with Crippen LogP contribution in [0.4, 0.5) is 0 Å². The third kappa shape index (κ3) is 1.40. The van der Waals surface area contributed by atoms with E-state index in [4.69, 9.17) is 11.6 Å². The molecule has 1 aliphatic carbocycles. The molecule has 2 unspecified atom stereocenters. The maximum absolute atomic E-state index is 10.1. The number of aliphatic hydroxyl groups is 1. The molecule has 1 aromatic rings. The van der Waals surface area contributed by atoms with Gasteiger partial charge in [-0.3, -0.25) is 4.99 Å². The SMILES string of the molecule is OC1CC2=NC[C@@H](CCl)C2c2ccccc21. The van der Waals surface area contributed by atoms with Gasteiger partial charge in [-0.25, -0.2) is 0 Å². The molecule has 3 heteroatoms. The second-order valence-electron chi connectivity index (χ2n) is 4.57. The maximum atomic E-state index is 10.1. The van der Waals surface area contributed by atoms with Crippen molar-refractivity contribution in [3.8, 4) is 0 Å². The fourth-order valence-electron chi connectivity index (χ4n) is 2.88. The summed E-state index contributed by atoms with van der Waals surface area (Å²) in [5, 5.41) is 10.1. The average molecular weight is 236 g/mol. The van der Waals surface area contributed by atoms with E-state index >= 15 is 0 Å². The molecule has 0 amide bonds. The highest BCUT2D eigenvalue weighted by atomic mass is 35.5. The normalized spacial score (nSPS) is 31.9. The zero-order valence-electron chi connectivity index (χ0n) is 8.94. The van der Waals surface area contributed by atoms with E-state index in [0.29, 0.717) is 24.1 Å². The quantitative estimate of drug-likeness (QED) is 0.746. The molecular formula is C13H14ClNO. The number of nitrogens with zero attached hydrogens (tertiary/aromatic N) is 1. The van der Waals surface area contributed by atoms with Crippen LogP contribution in [0, 0.1) is 5.92 Å². The molecule has 2 aliphatic rings. The summed E-state index contributed by atoms with van der Waals surface area (Å²) in [7, 11) is 0. The Hall–Kier alpha value is -0.860. The van der Waals surface area contributed by atoms with E-state index in [0.717, 1.165) is 17.8 Å². The molecule has 1 N–H and O–H groups in total. The van der Waals surface area contributed by atoms with Crippen molar-refractivity contribution in [2.24, 2.45) is 10.9 Å². The van der Waals surface area contributed by atoms with Gasteiger partial charge in [0.15, 0.2) is 0 Å². The van der Waals surface area contributed by atoms with Crippen LogP contribution < -0.4 is 0 Å². The molecule has 84 valence electrons. The molecule has 1 aromatic carbocycles. The predicted molar refractivity (Wildman–Crippen MR) is 65.3 cm³/mol. The molecule has 0 saturated carbocycles. The Bertz CT molecular complexity index is 443. The minimum absolute atomic E-state index is 0.345. The van der Waals surface area contributed by atoms with Gasteiger partial charge in [0, 0.05) is 36.4 Å². The van der Waals surface area contributed by atoms with Gasteiger partial charge >= 0.3 is 0 Å². The highest BCUT2D eigenvalue weighted by Crippen LogP contribution is 2.43. The fourth-order valence-corrected chi connectivity index (χ4v) is 3.15. The molecule has 1 heterocycles. The van der Waals surface area contributed by atoms with Gasteiger partial charge in [0.2, 0.25) is 0 Å². The molecule has 1 aliphatic heterocycles. The number of aliphatic imine (C=N–C) groups is 1. The van der Waals surface area contributed by atoms with Gasteiger partial charge in [-0.05, 0) is 11.1 Å². The summed E-state index contributed by atoms with van der Waals surface area (Å²) in [4.78, 5) is 4.53. The van der Waals surface area contributed by atoms with Crippen LogP contribution in [0.25, 0.3) is 0 Å². The zero-order valence-corrected chi connectivity index (χ0v) is 9.69. The van der Waals surface area contributed by atoms with Gasteiger partial charge in [0.1, 0.15) is 0 Å². The van der Waals surface area contributed by atoms with Crippen molar-refractivity contribution in [3.63, 3.8) is 0 Å². The van der Waals surface area contributed by atoms with Gasteiger partial charge in [0.05, 0.1) is 6.10 Å². The van der Waals surface area contributed by atoms with Crippen molar-refractivity contribution < 1.29 is 5.11 Å². The van der Waals surface area contributed by atoms with Gasteiger partial charge in [-0.1, -0.05) is 24.3 Å². The standard InChI is InChI=1S/C13H14ClNO/c14-6-8-7-15-11-5-12(16)9-3-1-2-4-10(9)13(8)11/h1-4,8,12-13,16H,5-7H2/t8-,12?,13?/m1/s1. The number of aliphatic hydroxyl groups excluding tert-OH is 1. The first kappa shape index (κ1) is 10.3. The molecule has 0 saturated heterocycles. The largest absolute Gasteiger partial charge is 0.388 e. The van der Waals surface area contributed by atoms with Crippen molar-refractivity contribution in [1.82, 2.24) is 0 Å². The lowest BCUT2D eigenvalue weighted by molar-refractivity contribution is 0.180. The lowest BCUT2D eigenvalue weighted by atomic mass is 9.76. The summed E-state index contributed by atoms with van der Waals surface area (Å²) in [5.41, 5.74) is 3.42. The van der Waals surface area contributed by atoms with Crippen LogP contribution in [0.1, 0.15) is 29.6 Å². The third-order valence-corrected chi connectivity index (χ3v) is 4.05. The molecule has 0 radical (unpaired) electrons. The van der Waals surface area contributed by atoms with E-state index in [1.165, 1.54) is 5.56 Å². The molecule has 3 rings (SSSR count). The van der Waals surface area contributed by atoms with Crippen LogP contribution in [-0.2, 0) is 0 Å². The predicted octanol–water partition coefficient (Wildman–Crippen LogP) is 2.52. The van der Waals surface area contributed by atoms with Crippen LogP contribution in [0.3, 0.4) is 0 Å². The topological polar surface area (TPSA) is 32.6 Å². The fraction of sp³-hybridized carbons (Fsp3) is 0.462. The number of hydrogen-bond donors (Lipinski definition) is 1. The minimum atomic E-state index is -0.389. The first-order valence-corrected chi connectivity index (χ1v) is 6.20. The van der Waals surface area contributed by atoms with E-state index in [1.54, 1.807) is 0 Å². The maximum Gasteiger partial charge on any atom is 0.0845 e. The molecule has 0 fully saturated rings. The van der Waals surface area contributed by atoms with Gasteiger partial charge < -0.3 is 5.11 Å². The summed E-state index contributed by atoms with van der Waals surface area (Å²) >= 11 is 5.99. The monoisotopic (exact) mass is 235 g/mol. The molecule has 0 bridgehead atoms. The summed E-state index contributed by atoms with van der Waals surface area (Å²) in [6, 6.07) is 8.12. The second-order valence-corrected chi connectivity index (χ2v) is 4.88. The Morgan fingerprint density at radius 1 is 1.31 bits per heavy atom. The molecular weight excluding hydrogens is 222 g/mol. The van der Waals surface area contributed by atoms with Crippen LogP contribution in [0.2, 0.25) is 0 Å². The first-order valence-electron chi connectivity index (χ1n) is 5.67. The number of benzene rings is 1. The number of hydrogen-bond acceptors (Lipinski definition) is 2. The number of rotatable bonds is 1. The van der Waals surface area contributed by atoms with Crippen LogP contribution in [-0.4, -0.2) is 23.2 Å². The van der Waals surface area contributed by atoms with Crippen molar-refractivity contribution in [2.75, 3.05) is 12.4 Å². The van der Waals surface area contributed by atoms with E-state index in [1.807, 2.05) is 18.2 Å². The van der Waals surface area contributed by atoms with Crippen LogP contribution in [0.5, 0.6) is 0 Å². The Kier molecular flexibility index (Phi) is 2.49. The van der Waals surface area contributed by atoms with Gasteiger partial charge in [-0.2, -0.15) is 0 Å². The highest BCUT2D eigenvalue weighted by Gasteiger charge is 2.38. The van der Waals surface area contributed by atoms with Crippen LogP contribution >= 0.6 is 11.6 Å². The summed E-state index contributed by atoms with van der Waals surface area (Å²) in [5.74, 6) is 1.39. The number of halogens is 1. The van der Waals surface area contributed by atoms with Crippen molar-refractivity contribution >= 4 is 17.3 Å². The number of fused-ring (bicyclic) bond motifs is 3. The van der Waals surface area contributed by atoms with Gasteiger partial charge in [-0.15, -0.1) is 11.6 Å².